The number of nitrogens with one attached hydrogen (secondary N) is 2. The number of pyridine rings is 1. The van der Waals surface area contributed by atoms with Crippen LogP contribution in [0.4, 0.5) is 0 Å². The molecule has 4 nitrogen and oxygen atoms in total. The van der Waals surface area contributed by atoms with Gasteiger partial charge in [-0.25, -0.2) is 4.98 Å². The van der Waals surface area contributed by atoms with Crippen molar-refractivity contribution in [3.05, 3.63) is 54.3 Å². The highest BCUT2D eigenvalue weighted by molar-refractivity contribution is 5.81. The molecular weight excluding hydrogens is 296 g/mol. The van der Waals surface area contributed by atoms with Crippen LogP contribution in [0.5, 0.6) is 0 Å². The number of aromatic amines is 1. The summed E-state index contributed by atoms with van der Waals surface area (Å²) in [6.45, 7) is 6.33. The number of nitrogens with zero attached hydrogens (tertiary/aromatic N) is 2. The molecule has 1 unspecified atom stereocenters. The first-order valence-corrected chi connectivity index (χ1v) is 8.87. The fraction of sp³-hybridized carbons (Fsp3) is 0.400. The molecular formula is C20H26N4. The molecule has 0 amide bonds. The van der Waals surface area contributed by atoms with Gasteiger partial charge in [0.1, 0.15) is 5.82 Å². The van der Waals surface area contributed by atoms with Gasteiger partial charge in [0.15, 0.2) is 0 Å². The van der Waals surface area contributed by atoms with Crippen LogP contribution in [-0.2, 0) is 0 Å². The second-order valence-electron chi connectivity index (χ2n) is 6.19. The van der Waals surface area contributed by atoms with Crippen molar-refractivity contribution in [2.24, 2.45) is 0 Å². The van der Waals surface area contributed by atoms with Crippen LogP contribution in [-0.4, -0.2) is 28.0 Å². The van der Waals surface area contributed by atoms with Gasteiger partial charge in [-0.2, -0.15) is 0 Å². The molecule has 1 fully saturated rings. The van der Waals surface area contributed by atoms with Crippen LogP contribution in [0.1, 0.15) is 50.5 Å². The van der Waals surface area contributed by atoms with Gasteiger partial charge in [0, 0.05) is 30.4 Å². The SMILES string of the molecule is C/C=C\C(=C/CC)c1[nH]c(C2CCCNC2)nc1-c1ccncc1. The largest absolute Gasteiger partial charge is 0.341 e. The van der Waals surface area contributed by atoms with Gasteiger partial charge >= 0.3 is 0 Å². The highest BCUT2D eigenvalue weighted by atomic mass is 15.0. The van der Waals surface area contributed by atoms with Gasteiger partial charge in [0.25, 0.3) is 0 Å². The van der Waals surface area contributed by atoms with Crippen molar-refractivity contribution < 1.29 is 0 Å². The maximum absolute atomic E-state index is 4.99. The molecule has 2 aromatic rings. The van der Waals surface area contributed by atoms with Gasteiger partial charge in [0.2, 0.25) is 0 Å². The zero-order valence-corrected chi connectivity index (χ0v) is 14.5. The van der Waals surface area contributed by atoms with Gasteiger partial charge in [-0.3, -0.25) is 4.98 Å². The first kappa shape index (κ1) is 16.7. The topological polar surface area (TPSA) is 53.6 Å². The van der Waals surface area contributed by atoms with E-state index in [2.05, 4.69) is 47.4 Å². The predicted molar refractivity (Wildman–Crippen MR) is 99.7 cm³/mol. The molecule has 0 radical (unpaired) electrons. The summed E-state index contributed by atoms with van der Waals surface area (Å²) in [7, 11) is 0. The Morgan fingerprint density at radius 2 is 2.17 bits per heavy atom. The molecule has 4 heteroatoms. The second-order valence-corrected chi connectivity index (χ2v) is 6.19. The summed E-state index contributed by atoms with van der Waals surface area (Å²) >= 11 is 0. The summed E-state index contributed by atoms with van der Waals surface area (Å²) in [6.07, 6.45) is 13.5. The number of imidazole rings is 1. The smallest absolute Gasteiger partial charge is 0.111 e. The number of allylic oxidation sites excluding steroid dienone is 4. The molecule has 1 atom stereocenters. The van der Waals surface area contributed by atoms with Crippen LogP contribution in [0.2, 0.25) is 0 Å². The van der Waals surface area contributed by atoms with Crippen LogP contribution < -0.4 is 5.32 Å². The van der Waals surface area contributed by atoms with Crippen LogP contribution in [0, 0.1) is 0 Å². The Morgan fingerprint density at radius 1 is 1.33 bits per heavy atom. The Hall–Kier alpha value is -2.20. The zero-order valence-electron chi connectivity index (χ0n) is 14.5. The average molecular weight is 322 g/mol. The molecule has 1 aliphatic rings. The van der Waals surface area contributed by atoms with Crippen LogP contribution in [0.15, 0.2) is 42.8 Å². The van der Waals surface area contributed by atoms with Gasteiger partial charge in [-0.15, -0.1) is 0 Å². The highest BCUT2D eigenvalue weighted by Gasteiger charge is 2.22. The third-order valence-electron chi connectivity index (χ3n) is 4.42. The molecule has 1 aliphatic heterocycles. The Balaban J connectivity index is 2.07. The van der Waals surface area contributed by atoms with E-state index >= 15 is 0 Å². The van der Waals surface area contributed by atoms with Crippen molar-refractivity contribution in [1.29, 1.82) is 0 Å². The lowest BCUT2D eigenvalue weighted by Gasteiger charge is -2.20. The molecule has 1 saturated heterocycles. The standard InChI is InChI=1S/C20H26N4/c1-3-6-15(7-4-2)18-19(16-9-12-21-13-10-16)24-20(23-18)17-8-5-11-22-14-17/h3,6-7,9-10,12-13,17,22H,4-5,8,11,14H2,1-2H3,(H,23,24)/b6-3-,15-7+. The summed E-state index contributed by atoms with van der Waals surface area (Å²) < 4.78 is 0. The van der Waals surface area contributed by atoms with Gasteiger partial charge in [-0.1, -0.05) is 25.2 Å². The minimum Gasteiger partial charge on any atom is -0.341 e. The maximum atomic E-state index is 4.99. The average Bonchev–Trinajstić information content (AvgIpc) is 3.08. The quantitative estimate of drug-likeness (QED) is 0.807. The summed E-state index contributed by atoms with van der Waals surface area (Å²) in [6, 6.07) is 4.06. The van der Waals surface area contributed by atoms with E-state index in [1.807, 2.05) is 24.5 Å². The van der Waals surface area contributed by atoms with Crippen LogP contribution in [0.3, 0.4) is 0 Å². The zero-order chi connectivity index (χ0) is 16.8. The first-order valence-electron chi connectivity index (χ1n) is 8.87. The van der Waals surface area contributed by atoms with Crippen molar-refractivity contribution in [2.45, 2.75) is 39.0 Å². The van der Waals surface area contributed by atoms with Gasteiger partial charge in [-0.05, 0) is 50.4 Å². The Labute approximate surface area is 144 Å². The first-order chi connectivity index (χ1) is 11.8. The predicted octanol–water partition coefficient (Wildman–Crippen LogP) is 4.31. The van der Waals surface area contributed by atoms with E-state index in [1.54, 1.807) is 0 Å². The molecule has 3 rings (SSSR count). The third kappa shape index (κ3) is 3.65. The summed E-state index contributed by atoms with van der Waals surface area (Å²) in [5.41, 5.74) is 4.45. The molecule has 0 spiro atoms. The lowest BCUT2D eigenvalue weighted by Crippen LogP contribution is -2.28. The number of aromatic nitrogens is 3. The maximum Gasteiger partial charge on any atom is 0.111 e. The van der Waals surface area contributed by atoms with Crippen molar-refractivity contribution in [2.75, 3.05) is 13.1 Å². The molecule has 0 aliphatic carbocycles. The lowest BCUT2D eigenvalue weighted by atomic mass is 9.99. The van der Waals surface area contributed by atoms with E-state index in [1.165, 1.54) is 18.4 Å². The van der Waals surface area contributed by atoms with Crippen molar-refractivity contribution in [3.8, 4) is 11.3 Å². The molecule has 0 saturated carbocycles. The Kier molecular flexibility index (Phi) is 5.59. The monoisotopic (exact) mass is 322 g/mol. The van der Waals surface area contributed by atoms with E-state index < -0.39 is 0 Å². The fourth-order valence-electron chi connectivity index (χ4n) is 3.25. The number of H-pyrrole nitrogens is 1. The fourth-order valence-corrected chi connectivity index (χ4v) is 3.25. The molecule has 3 heterocycles. The Morgan fingerprint density at radius 3 is 2.83 bits per heavy atom. The van der Waals surface area contributed by atoms with Crippen molar-refractivity contribution in [1.82, 2.24) is 20.3 Å². The van der Waals surface area contributed by atoms with E-state index in [-0.39, 0.29) is 0 Å². The molecule has 2 N–H and O–H groups in total. The molecule has 0 aromatic carbocycles. The van der Waals surface area contributed by atoms with E-state index in [0.29, 0.717) is 5.92 Å². The number of rotatable bonds is 5. The van der Waals surface area contributed by atoms with Gasteiger partial charge < -0.3 is 10.3 Å². The lowest BCUT2D eigenvalue weighted by molar-refractivity contribution is 0.449. The number of hydrogen-bond acceptors (Lipinski definition) is 3. The highest BCUT2D eigenvalue weighted by Crippen LogP contribution is 2.31. The second kappa shape index (κ2) is 8.06. The molecule has 0 bridgehead atoms. The summed E-state index contributed by atoms with van der Waals surface area (Å²) in [4.78, 5) is 12.8. The summed E-state index contributed by atoms with van der Waals surface area (Å²) in [5.74, 6) is 1.55. The molecule has 126 valence electrons. The van der Waals surface area contributed by atoms with Gasteiger partial charge in [0.05, 0.1) is 11.4 Å². The van der Waals surface area contributed by atoms with Crippen LogP contribution >= 0.6 is 0 Å². The minimum absolute atomic E-state index is 0.460. The van der Waals surface area contributed by atoms with Crippen LogP contribution in [0.25, 0.3) is 16.8 Å². The molecule has 2 aromatic heterocycles. The van der Waals surface area contributed by atoms with E-state index in [0.717, 1.165) is 42.3 Å². The minimum atomic E-state index is 0.460. The van der Waals surface area contributed by atoms with E-state index in [4.69, 9.17) is 4.98 Å². The summed E-state index contributed by atoms with van der Waals surface area (Å²) in [5, 5.41) is 3.48. The van der Waals surface area contributed by atoms with E-state index in [9.17, 15) is 0 Å². The number of hydrogen-bond donors (Lipinski definition) is 2. The normalized spacial score (nSPS) is 19.1. The Bertz CT molecular complexity index is 706. The van der Waals surface area contributed by atoms with Crippen molar-refractivity contribution >= 4 is 5.57 Å². The number of piperidine rings is 1. The molecule has 24 heavy (non-hydrogen) atoms. The third-order valence-corrected chi connectivity index (χ3v) is 4.42. The van der Waals surface area contributed by atoms with Crippen molar-refractivity contribution in [3.63, 3.8) is 0 Å².